The first-order valence-electron chi connectivity index (χ1n) is 8.16. The van der Waals surface area contributed by atoms with E-state index in [1.165, 1.54) is 11.8 Å². The Labute approximate surface area is 162 Å². The van der Waals surface area contributed by atoms with Crippen LogP contribution in [0.2, 0.25) is 5.02 Å². The second kappa shape index (κ2) is 8.01. The number of hydrogen-bond donors (Lipinski definition) is 0. The van der Waals surface area contributed by atoms with Gasteiger partial charge in [-0.25, -0.2) is 4.98 Å². The van der Waals surface area contributed by atoms with Gasteiger partial charge in [-0.15, -0.1) is 0 Å². The van der Waals surface area contributed by atoms with Gasteiger partial charge in [0, 0.05) is 24.5 Å². The lowest BCUT2D eigenvalue weighted by atomic mass is 10.2. The quantitative estimate of drug-likeness (QED) is 0.583. The fraction of sp³-hybridized carbons (Fsp3) is 0.263. The van der Waals surface area contributed by atoms with Gasteiger partial charge in [0.1, 0.15) is 11.5 Å². The summed E-state index contributed by atoms with van der Waals surface area (Å²) < 4.78 is 7.48. The maximum absolute atomic E-state index is 12.4. The number of carbonyl (C=O) groups excluding carboxylic acids is 1. The summed E-state index contributed by atoms with van der Waals surface area (Å²) in [6.45, 7) is 4.31. The van der Waals surface area contributed by atoms with Gasteiger partial charge in [0.25, 0.3) is 0 Å². The van der Waals surface area contributed by atoms with Crippen molar-refractivity contribution in [3.63, 3.8) is 0 Å². The monoisotopic (exact) mass is 389 g/mol. The maximum Gasteiger partial charge on any atom is 0.233 e. The molecule has 0 radical (unpaired) electrons. The first-order valence-corrected chi connectivity index (χ1v) is 9.53. The molecule has 2 heterocycles. The summed E-state index contributed by atoms with van der Waals surface area (Å²) in [5.74, 6) is 1.93. The van der Waals surface area contributed by atoms with Crippen LogP contribution in [-0.4, -0.2) is 33.2 Å². The molecule has 5 nitrogen and oxygen atoms in total. The Hall–Kier alpha value is -2.18. The molecule has 0 saturated carbocycles. The van der Waals surface area contributed by atoms with Gasteiger partial charge in [0.2, 0.25) is 5.91 Å². The van der Waals surface area contributed by atoms with E-state index in [-0.39, 0.29) is 5.91 Å². The van der Waals surface area contributed by atoms with Crippen LogP contribution in [0, 0.1) is 13.8 Å². The molecular formula is C19H20ClN3O2S. The van der Waals surface area contributed by atoms with Gasteiger partial charge in [-0.1, -0.05) is 29.4 Å². The molecule has 0 saturated heterocycles. The number of aromatic nitrogens is 2. The molecule has 7 heteroatoms. The molecule has 0 N–H and O–H groups in total. The molecule has 0 atom stereocenters. The van der Waals surface area contributed by atoms with Crippen LogP contribution >= 0.6 is 23.4 Å². The second-order valence-corrected chi connectivity index (χ2v) is 7.36. The van der Waals surface area contributed by atoms with Gasteiger partial charge >= 0.3 is 0 Å². The second-order valence-electron chi connectivity index (χ2n) is 6.01. The Kier molecular flexibility index (Phi) is 5.74. The normalized spacial score (nSPS) is 10.9. The summed E-state index contributed by atoms with van der Waals surface area (Å²) in [6.07, 6.45) is 3.60. The predicted molar refractivity (Wildman–Crippen MR) is 104 cm³/mol. The van der Waals surface area contributed by atoms with Crippen LogP contribution in [0.5, 0.6) is 0 Å². The van der Waals surface area contributed by atoms with Crippen LogP contribution in [0.4, 0.5) is 0 Å². The lowest BCUT2D eigenvalue weighted by Gasteiger charge is -2.16. The molecule has 3 rings (SSSR count). The van der Waals surface area contributed by atoms with Gasteiger partial charge in [-0.05, 0) is 43.7 Å². The standard InChI is InChI=1S/C19H20ClN3O2S/c1-13-7-8-15(25-13)11-22(3)18(24)12-26-19-21-9-10-23(19)17-6-4-5-16(20)14(17)2/h4-10H,11-12H2,1-3H3. The van der Waals surface area contributed by atoms with Crippen molar-refractivity contribution in [1.29, 1.82) is 0 Å². The first-order chi connectivity index (χ1) is 12.5. The van der Waals surface area contributed by atoms with E-state index in [2.05, 4.69) is 4.98 Å². The summed E-state index contributed by atoms with van der Waals surface area (Å²) >= 11 is 7.62. The minimum absolute atomic E-state index is 0.0152. The van der Waals surface area contributed by atoms with E-state index < -0.39 is 0 Å². The number of benzene rings is 1. The molecular weight excluding hydrogens is 370 g/mol. The number of hydrogen-bond acceptors (Lipinski definition) is 4. The van der Waals surface area contributed by atoms with E-state index in [1.54, 1.807) is 18.1 Å². The average molecular weight is 390 g/mol. The third kappa shape index (κ3) is 4.14. The van der Waals surface area contributed by atoms with Crippen molar-refractivity contribution >= 4 is 29.3 Å². The molecule has 0 aliphatic rings. The molecule has 0 fully saturated rings. The number of amides is 1. The van der Waals surface area contributed by atoms with Crippen molar-refractivity contribution < 1.29 is 9.21 Å². The topological polar surface area (TPSA) is 51.3 Å². The minimum Gasteiger partial charge on any atom is -0.464 e. The van der Waals surface area contributed by atoms with Gasteiger partial charge < -0.3 is 9.32 Å². The van der Waals surface area contributed by atoms with E-state index in [1.807, 2.05) is 54.9 Å². The number of furan rings is 1. The fourth-order valence-electron chi connectivity index (χ4n) is 2.57. The highest BCUT2D eigenvalue weighted by Crippen LogP contribution is 2.26. The number of thioether (sulfide) groups is 1. The molecule has 136 valence electrons. The molecule has 0 bridgehead atoms. The highest BCUT2D eigenvalue weighted by atomic mass is 35.5. The predicted octanol–water partition coefficient (Wildman–Crippen LogP) is 4.49. The van der Waals surface area contributed by atoms with Gasteiger partial charge in [-0.3, -0.25) is 9.36 Å². The van der Waals surface area contributed by atoms with Gasteiger partial charge in [0.05, 0.1) is 18.0 Å². The first kappa shape index (κ1) is 18.6. The zero-order chi connectivity index (χ0) is 18.7. The number of rotatable bonds is 6. The zero-order valence-corrected chi connectivity index (χ0v) is 16.5. The van der Waals surface area contributed by atoms with Gasteiger partial charge in [0.15, 0.2) is 5.16 Å². The van der Waals surface area contributed by atoms with E-state index in [9.17, 15) is 4.79 Å². The van der Waals surface area contributed by atoms with Crippen LogP contribution in [0.15, 0.2) is 52.3 Å². The Balaban J connectivity index is 1.66. The molecule has 0 aliphatic carbocycles. The Bertz CT molecular complexity index is 919. The third-order valence-corrected chi connectivity index (χ3v) is 5.41. The largest absolute Gasteiger partial charge is 0.464 e. The number of imidazole rings is 1. The Morgan fingerprint density at radius 3 is 2.85 bits per heavy atom. The molecule has 26 heavy (non-hydrogen) atoms. The Morgan fingerprint density at radius 1 is 1.31 bits per heavy atom. The summed E-state index contributed by atoms with van der Waals surface area (Å²) in [4.78, 5) is 18.5. The number of halogens is 1. The number of nitrogens with zero attached hydrogens (tertiary/aromatic N) is 3. The van der Waals surface area contributed by atoms with E-state index in [0.29, 0.717) is 17.3 Å². The molecule has 3 aromatic rings. The lowest BCUT2D eigenvalue weighted by molar-refractivity contribution is -0.127. The number of aryl methyl sites for hydroxylation is 1. The van der Waals surface area contributed by atoms with E-state index >= 15 is 0 Å². The van der Waals surface area contributed by atoms with Crippen molar-refractivity contribution in [3.8, 4) is 5.69 Å². The van der Waals surface area contributed by atoms with Crippen LogP contribution in [-0.2, 0) is 11.3 Å². The van der Waals surface area contributed by atoms with Crippen molar-refractivity contribution in [2.75, 3.05) is 12.8 Å². The third-order valence-electron chi connectivity index (χ3n) is 4.04. The summed E-state index contributed by atoms with van der Waals surface area (Å²) in [7, 11) is 1.77. The van der Waals surface area contributed by atoms with E-state index in [4.69, 9.17) is 16.0 Å². The lowest BCUT2D eigenvalue weighted by Crippen LogP contribution is -2.27. The SMILES string of the molecule is Cc1ccc(CN(C)C(=O)CSc2nccn2-c2cccc(Cl)c2C)o1. The molecule has 2 aromatic heterocycles. The van der Waals surface area contributed by atoms with Crippen LogP contribution < -0.4 is 0 Å². The highest BCUT2D eigenvalue weighted by molar-refractivity contribution is 7.99. The summed E-state index contributed by atoms with van der Waals surface area (Å²) in [5, 5.41) is 1.46. The molecule has 0 aliphatic heterocycles. The van der Waals surface area contributed by atoms with Crippen molar-refractivity contribution in [2.45, 2.75) is 25.5 Å². The van der Waals surface area contributed by atoms with Crippen LogP contribution in [0.3, 0.4) is 0 Å². The highest BCUT2D eigenvalue weighted by Gasteiger charge is 2.15. The average Bonchev–Trinajstić information content (AvgIpc) is 3.24. The van der Waals surface area contributed by atoms with Crippen LogP contribution in [0.1, 0.15) is 17.1 Å². The molecule has 1 amide bonds. The fourth-order valence-corrected chi connectivity index (χ4v) is 3.64. The Morgan fingerprint density at radius 2 is 2.12 bits per heavy atom. The van der Waals surface area contributed by atoms with Crippen molar-refractivity contribution in [1.82, 2.24) is 14.5 Å². The van der Waals surface area contributed by atoms with Crippen molar-refractivity contribution in [3.05, 3.63) is 64.8 Å². The summed E-state index contributed by atoms with van der Waals surface area (Å²) in [5.41, 5.74) is 1.94. The molecule has 0 unspecified atom stereocenters. The summed E-state index contributed by atoms with van der Waals surface area (Å²) in [6, 6.07) is 9.54. The minimum atomic E-state index is 0.0152. The smallest absolute Gasteiger partial charge is 0.233 e. The van der Waals surface area contributed by atoms with E-state index in [0.717, 1.165) is 27.9 Å². The van der Waals surface area contributed by atoms with Gasteiger partial charge in [-0.2, -0.15) is 0 Å². The van der Waals surface area contributed by atoms with Crippen LogP contribution in [0.25, 0.3) is 5.69 Å². The van der Waals surface area contributed by atoms with Crippen molar-refractivity contribution in [2.24, 2.45) is 0 Å². The maximum atomic E-state index is 12.4. The molecule has 0 spiro atoms. The molecule has 1 aromatic carbocycles. The zero-order valence-electron chi connectivity index (χ0n) is 14.9. The number of carbonyl (C=O) groups is 1.